The largest absolute Gasteiger partial charge is 0.454 e. The van der Waals surface area contributed by atoms with Gasteiger partial charge in [-0.15, -0.1) is 0 Å². The molecule has 2 amide bonds. The quantitative estimate of drug-likeness (QED) is 0.708. The fraction of sp³-hybridized carbons (Fsp3) is 0.364. The van der Waals surface area contributed by atoms with Crippen molar-refractivity contribution in [2.24, 2.45) is 0 Å². The van der Waals surface area contributed by atoms with Gasteiger partial charge in [0.05, 0.1) is 4.90 Å². The number of aryl methyl sites for hydroxylation is 1. The highest BCUT2D eigenvalue weighted by atomic mass is 32.2. The molecule has 0 bridgehead atoms. The monoisotopic (exact) mass is 459 g/mol. The lowest BCUT2D eigenvalue weighted by molar-refractivity contribution is -0.133. The molecule has 9 nitrogen and oxygen atoms in total. The first-order chi connectivity index (χ1) is 15.3. The van der Waals surface area contributed by atoms with E-state index in [1.165, 1.54) is 4.31 Å². The lowest BCUT2D eigenvalue weighted by Gasteiger charge is -2.34. The Hall–Kier alpha value is -3.11. The number of hydrogen-bond donors (Lipinski definition) is 1. The van der Waals surface area contributed by atoms with Crippen molar-refractivity contribution in [2.75, 3.05) is 38.3 Å². The SMILES string of the molecule is Cc1ccc(S(=O)(=O)N2CCN(C(=O)CCC(=O)Nc3ccc4c(c3)OCO4)CC2)cc1. The highest BCUT2D eigenvalue weighted by Crippen LogP contribution is 2.34. The van der Waals surface area contributed by atoms with E-state index in [0.717, 1.165) is 5.56 Å². The molecule has 2 aliphatic heterocycles. The molecule has 32 heavy (non-hydrogen) atoms. The van der Waals surface area contributed by atoms with E-state index in [0.29, 0.717) is 30.3 Å². The standard InChI is InChI=1S/C22H25N3O6S/c1-16-2-5-18(6-3-16)32(28,29)25-12-10-24(11-13-25)22(27)9-8-21(26)23-17-4-7-19-20(14-17)31-15-30-19/h2-7,14H,8-13,15H2,1H3,(H,23,26). The number of amides is 2. The number of benzene rings is 2. The molecule has 1 saturated heterocycles. The third-order valence-corrected chi connectivity index (χ3v) is 7.39. The van der Waals surface area contributed by atoms with Gasteiger partial charge in [-0.05, 0) is 31.2 Å². The number of fused-ring (bicyclic) bond motifs is 1. The molecular formula is C22H25N3O6S. The van der Waals surface area contributed by atoms with E-state index in [2.05, 4.69) is 5.32 Å². The van der Waals surface area contributed by atoms with Gasteiger partial charge in [0.25, 0.3) is 0 Å². The van der Waals surface area contributed by atoms with Crippen LogP contribution in [0.5, 0.6) is 11.5 Å². The minimum absolute atomic E-state index is 0.0369. The summed E-state index contributed by atoms with van der Waals surface area (Å²) in [5.41, 5.74) is 1.56. The number of sulfonamides is 1. The second-order valence-electron chi connectivity index (χ2n) is 7.71. The highest BCUT2D eigenvalue weighted by Gasteiger charge is 2.30. The summed E-state index contributed by atoms with van der Waals surface area (Å²) >= 11 is 0. The fourth-order valence-electron chi connectivity index (χ4n) is 3.61. The molecule has 0 aromatic heterocycles. The Morgan fingerprint density at radius 2 is 1.62 bits per heavy atom. The molecule has 0 radical (unpaired) electrons. The molecule has 2 aromatic carbocycles. The van der Waals surface area contributed by atoms with Crippen LogP contribution in [0, 0.1) is 6.92 Å². The molecule has 0 unspecified atom stereocenters. The molecule has 0 aliphatic carbocycles. The zero-order valence-corrected chi connectivity index (χ0v) is 18.6. The first-order valence-corrected chi connectivity index (χ1v) is 11.8. The number of carbonyl (C=O) groups excluding carboxylic acids is 2. The molecule has 4 rings (SSSR count). The van der Waals surface area contributed by atoms with Gasteiger partial charge in [-0.25, -0.2) is 8.42 Å². The van der Waals surface area contributed by atoms with Crippen molar-refractivity contribution in [1.29, 1.82) is 0 Å². The number of anilines is 1. The Morgan fingerprint density at radius 3 is 2.34 bits per heavy atom. The zero-order chi connectivity index (χ0) is 22.7. The summed E-state index contributed by atoms with van der Waals surface area (Å²) in [6.45, 7) is 3.11. The van der Waals surface area contributed by atoms with Gasteiger partial charge >= 0.3 is 0 Å². The molecular weight excluding hydrogens is 434 g/mol. The Kier molecular flexibility index (Phi) is 6.33. The van der Waals surface area contributed by atoms with E-state index in [4.69, 9.17) is 9.47 Å². The molecule has 170 valence electrons. The van der Waals surface area contributed by atoms with Gasteiger partial charge in [0.15, 0.2) is 11.5 Å². The van der Waals surface area contributed by atoms with Crippen molar-refractivity contribution in [3.8, 4) is 11.5 Å². The van der Waals surface area contributed by atoms with Crippen LogP contribution in [0.2, 0.25) is 0 Å². The Morgan fingerprint density at radius 1 is 0.938 bits per heavy atom. The second-order valence-corrected chi connectivity index (χ2v) is 9.65. The Balaban J connectivity index is 1.24. The molecule has 2 aliphatic rings. The third-order valence-electron chi connectivity index (χ3n) is 5.47. The van der Waals surface area contributed by atoms with E-state index in [-0.39, 0.29) is 49.4 Å². The van der Waals surface area contributed by atoms with Gasteiger partial charge in [0, 0.05) is 50.8 Å². The molecule has 2 aromatic rings. The molecule has 1 fully saturated rings. The van der Waals surface area contributed by atoms with E-state index in [1.54, 1.807) is 47.4 Å². The van der Waals surface area contributed by atoms with Crippen LogP contribution in [-0.4, -0.2) is 62.4 Å². The summed E-state index contributed by atoms with van der Waals surface area (Å²) in [6, 6.07) is 11.8. The first-order valence-electron chi connectivity index (χ1n) is 10.4. The fourth-order valence-corrected chi connectivity index (χ4v) is 5.04. The number of piperazine rings is 1. The number of nitrogens with zero attached hydrogens (tertiary/aromatic N) is 2. The van der Waals surface area contributed by atoms with Gasteiger partial charge in [0.2, 0.25) is 28.6 Å². The number of rotatable bonds is 6. The Bertz CT molecular complexity index is 1110. The highest BCUT2D eigenvalue weighted by molar-refractivity contribution is 7.89. The van der Waals surface area contributed by atoms with Gasteiger partial charge < -0.3 is 19.7 Å². The average Bonchev–Trinajstić information content (AvgIpc) is 3.26. The number of ether oxygens (including phenoxy) is 2. The minimum Gasteiger partial charge on any atom is -0.454 e. The van der Waals surface area contributed by atoms with Crippen molar-refractivity contribution in [1.82, 2.24) is 9.21 Å². The van der Waals surface area contributed by atoms with Gasteiger partial charge in [-0.1, -0.05) is 17.7 Å². The van der Waals surface area contributed by atoms with Crippen LogP contribution < -0.4 is 14.8 Å². The molecule has 1 N–H and O–H groups in total. The molecule has 0 atom stereocenters. The van der Waals surface area contributed by atoms with Crippen LogP contribution in [0.15, 0.2) is 47.4 Å². The summed E-state index contributed by atoms with van der Waals surface area (Å²) in [5.74, 6) is 0.745. The zero-order valence-electron chi connectivity index (χ0n) is 17.7. The van der Waals surface area contributed by atoms with Crippen molar-refractivity contribution >= 4 is 27.5 Å². The molecule has 0 saturated carbocycles. The summed E-state index contributed by atoms with van der Waals surface area (Å²) < 4.78 is 37.5. The van der Waals surface area contributed by atoms with Crippen LogP contribution in [-0.2, 0) is 19.6 Å². The predicted molar refractivity (Wildman–Crippen MR) is 117 cm³/mol. The van der Waals surface area contributed by atoms with Gasteiger partial charge in [-0.2, -0.15) is 4.31 Å². The third kappa shape index (κ3) is 4.86. The summed E-state index contributed by atoms with van der Waals surface area (Å²) in [6.07, 6.45) is 0.0935. The first kappa shape index (κ1) is 22.1. The summed E-state index contributed by atoms with van der Waals surface area (Å²) in [7, 11) is -3.58. The Labute approximate surface area is 187 Å². The van der Waals surface area contributed by atoms with E-state index in [1.807, 2.05) is 6.92 Å². The number of hydrogen-bond acceptors (Lipinski definition) is 6. The number of carbonyl (C=O) groups is 2. The number of nitrogens with one attached hydrogen (secondary N) is 1. The summed E-state index contributed by atoms with van der Waals surface area (Å²) in [5, 5.41) is 2.75. The van der Waals surface area contributed by atoms with Gasteiger partial charge in [0.1, 0.15) is 0 Å². The van der Waals surface area contributed by atoms with Crippen LogP contribution in [0.3, 0.4) is 0 Å². The van der Waals surface area contributed by atoms with Crippen molar-refractivity contribution in [3.63, 3.8) is 0 Å². The average molecular weight is 460 g/mol. The summed E-state index contributed by atoms with van der Waals surface area (Å²) in [4.78, 5) is 26.6. The minimum atomic E-state index is -3.58. The topological polar surface area (TPSA) is 105 Å². The maximum absolute atomic E-state index is 12.8. The predicted octanol–water partition coefficient (Wildman–Crippen LogP) is 1.98. The van der Waals surface area contributed by atoms with Crippen LogP contribution in [0.4, 0.5) is 5.69 Å². The van der Waals surface area contributed by atoms with Crippen LogP contribution in [0.1, 0.15) is 18.4 Å². The van der Waals surface area contributed by atoms with E-state index >= 15 is 0 Å². The second kappa shape index (κ2) is 9.17. The smallest absolute Gasteiger partial charge is 0.243 e. The molecule has 10 heteroatoms. The van der Waals surface area contributed by atoms with Gasteiger partial charge in [-0.3, -0.25) is 9.59 Å². The van der Waals surface area contributed by atoms with Crippen molar-refractivity contribution < 1.29 is 27.5 Å². The van der Waals surface area contributed by atoms with Crippen LogP contribution >= 0.6 is 0 Å². The van der Waals surface area contributed by atoms with Crippen molar-refractivity contribution in [3.05, 3.63) is 48.0 Å². The maximum atomic E-state index is 12.8. The molecule has 2 heterocycles. The molecule has 0 spiro atoms. The maximum Gasteiger partial charge on any atom is 0.243 e. The van der Waals surface area contributed by atoms with Crippen molar-refractivity contribution in [2.45, 2.75) is 24.7 Å². The normalized spacial score (nSPS) is 16.1. The van der Waals surface area contributed by atoms with E-state index < -0.39 is 10.0 Å². The lowest BCUT2D eigenvalue weighted by atomic mass is 10.2. The van der Waals surface area contributed by atoms with E-state index in [9.17, 15) is 18.0 Å². The lowest BCUT2D eigenvalue weighted by Crippen LogP contribution is -2.50. The van der Waals surface area contributed by atoms with Crippen LogP contribution in [0.25, 0.3) is 0 Å².